The summed E-state index contributed by atoms with van der Waals surface area (Å²) in [6, 6.07) is 15.2. The molecule has 4 nitrogen and oxygen atoms in total. The first-order valence-corrected chi connectivity index (χ1v) is 10.2. The normalized spacial score (nSPS) is 25.9. The fourth-order valence-corrected chi connectivity index (χ4v) is 4.71. The van der Waals surface area contributed by atoms with Crippen molar-refractivity contribution in [3.8, 4) is 5.75 Å². The van der Waals surface area contributed by atoms with Crippen LogP contribution in [0.5, 0.6) is 5.75 Å². The first-order valence-electron chi connectivity index (χ1n) is 9.87. The summed E-state index contributed by atoms with van der Waals surface area (Å²) in [5, 5.41) is 4.84. The van der Waals surface area contributed by atoms with Gasteiger partial charge in [0.15, 0.2) is 0 Å². The molecule has 1 N–H and O–H groups in total. The van der Waals surface area contributed by atoms with Gasteiger partial charge in [0.2, 0.25) is 5.91 Å². The van der Waals surface area contributed by atoms with Gasteiger partial charge in [0, 0.05) is 16.5 Å². The molecule has 2 saturated carbocycles. The second-order valence-electron chi connectivity index (χ2n) is 8.02. The van der Waals surface area contributed by atoms with Gasteiger partial charge in [-0.1, -0.05) is 49.6 Å². The van der Waals surface area contributed by atoms with E-state index in [0.29, 0.717) is 17.5 Å². The number of carbonyl (C=O) groups excluding carboxylic acids is 1. The van der Waals surface area contributed by atoms with E-state index in [-0.39, 0.29) is 17.2 Å². The Morgan fingerprint density at radius 3 is 2.75 bits per heavy atom. The summed E-state index contributed by atoms with van der Waals surface area (Å²) < 4.78 is 5.78. The number of nitrogens with zero attached hydrogens (tertiary/aromatic N) is 1. The van der Waals surface area contributed by atoms with E-state index in [1.165, 1.54) is 19.3 Å². The molecule has 0 aromatic heterocycles. The van der Waals surface area contributed by atoms with Gasteiger partial charge in [-0.05, 0) is 60.1 Å². The number of hydrogen-bond acceptors (Lipinski definition) is 3. The molecule has 0 bridgehead atoms. The molecular formula is C23H25ClN2O2. The molecule has 0 saturated heterocycles. The fourth-order valence-electron chi connectivity index (χ4n) is 4.52. The minimum Gasteiger partial charge on any atom is -0.489 e. The Balaban J connectivity index is 1.27. The molecule has 1 amide bonds. The Kier molecular flexibility index (Phi) is 5.40. The van der Waals surface area contributed by atoms with Crippen LogP contribution in [0.2, 0.25) is 5.02 Å². The summed E-state index contributed by atoms with van der Waals surface area (Å²) in [6.07, 6.45) is 6.50. The van der Waals surface area contributed by atoms with Crippen molar-refractivity contribution in [1.29, 1.82) is 0 Å². The molecule has 2 aromatic rings. The van der Waals surface area contributed by atoms with E-state index in [4.69, 9.17) is 16.3 Å². The van der Waals surface area contributed by atoms with Crippen LogP contribution in [0.4, 0.5) is 0 Å². The van der Waals surface area contributed by atoms with Gasteiger partial charge in [-0.15, -0.1) is 0 Å². The third kappa shape index (κ3) is 3.93. The van der Waals surface area contributed by atoms with Crippen molar-refractivity contribution in [3.63, 3.8) is 0 Å². The van der Waals surface area contributed by atoms with Crippen LogP contribution in [0.25, 0.3) is 0 Å². The van der Waals surface area contributed by atoms with Gasteiger partial charge in [-0.3, -0.25) is 4.79 Å². The van der Waals surface area contributed by atoms with Crippen molar-refractivity contribution in [3.05, 3.63) is 64.7 Å². The monoisotopic (exact) mass is 396 g/mol. The Morgan fingerprint density at radius 1 is 1.25 bits per heavy atom. The van der Waals surface area contributed by atoms with E-state index in [1.54, 1.807) is 6.21 Å². The fraction of sp³-hybridized carbons (Fsp3) is 0.391. The molecule has 2 aliphatic rings. The highest BCUT2D eigenvalue weighted by Gasteiger charge is 2.64. The minimum atomic E-state index is 0.0605. The largest absolute Gasteiger partial charge is 0.489 e. The first-order chi connectivity index (χ1) is 13.6. The Hall–Kier alpha value is -2.33. The zero-order valence-electron chi connectivity index (χ0n) is 16.0. The summed E-state index contributed by atoms with van der Waals surface area (Å²) in [5.74, 6) is 1.50. The molecule has 146 valence electrons. The molecule has 0 unspecified atom stereocenters. The van der Waals surface area contributed by atoms with Crippen LogP contribution >= 0.6 is 11.6 Å². The molecular weight excluding hydrogens is 372 g/mol. The lowest BCUT2D eigenvalue weighted by Crippen LogP contribution is -2.22. The highest BCUT2D eigenvalue weighted by Crippen LogP contribution is 2.66. The molecule has 3 atom stereocenters. The van der Waals surface area contributed by atoms with Gasteiger partial charge in [-0.25, -0.2) is 5.43 Å². The number of rotatable bonds is 6. The topological polar surface area (TPSA) is 50.7 Å². The molecule has 0 heterocycles. The van der Waals surface area contributed by atoms with Crippen LogP contribution in [0.1, 0.15) is 43.7 Å². The van der Waals surface area contributed by atoms with Gasteiger partial charge in [0.1, 0.15) is 12.4 Å². The highest BCUT2D eigenvalue weighted by molar-refractivity contribution is 6.31. The molecule has 5 heteroatoms. The minimum absolute atomic E-state index is 0.0605. The maximum atomic E-state index is 12.4. The number of fused-ring (bicyclic) bond motifs is 1. The van der Waals surface area contributed by atoms with E-state index < -0.39 is 0 Å². The standard InChI is InChI=1S/C23H25ClN2O2/c1-23-13-5-4-7-19(23)21(23)22(27)26-25-14-16-9-11-18(12-10-16)28-15-17-6-2-3-8-20(17)24/h2-3,6,8-12,14,19,21H,4-5,7,13,15H2,1H3,(H,26,27)/b25-14-/t19-,21+,23-/m0/s1. The summed E-state index contributed by atoms with van der Waals surface area (Å²) in [7, 11) is 0. The van der Waals surface area contributed by atoms with Crippen molar-refractivity contribution in [2.75, 3.05) is 0 Å². The molecule has 2 aliphatic carbocycles. The Morgan fingerprint density at radius 2 is 2.04 bits per heavy atom. The number of hydrazone groups is 1. The number of nitrogens with one attached hydrogen (secondary N) is 1. The van der Waals surface area contributed by atoms with Gasteiger partial charge >= 0.3 is 0 Å². The average molecular weight is 397 g/mol. The molecule has 28 heavy (non-hydrogen) atoms. The molecule has 0 radical (unpaired) electrons. The zero-order chi connectivity index (χ0) is 19.6. The predicted octanol–water partition coefficient (Wildman–Crippen LogP) is 5.20. The van der Waals surface area contributed by atoms with Gasteiger partial charge in [0.05, 0.1) is 6.21 Å². The van der Waals surface area contributed by atoms with Gasteiger partial charge < -0.3 is 4.74 Å². The number of benzene rings is 2. The summed E-state index contributed by atoms with van der Waals surface area (Å²) >= 11 is 6.14. The third-order valence-corrected chi connectivity index (χ3v) is 6.60. The lowest BCUT2D eigenvalue weighted by Gasteiger charge is -2.15. The maximum absolute atomic E-state index is 12.4. The maximum Gasteiger partial charge on any atom is 0.244 e. The molecule has 2 fully saturated rings. The van der Waals surface area contributed by atoms with E-state index in [0.717, 1.165) is 23.3 Å². The van der Waals surface area contributed by atoms with E-state index in [9.17, 15) is 4.79 Å². The number of carbonyl (C=O) groups is 1. The molecule has 2 aromatic carbocycles. The molecule has 4 rings (SSSR count). The van der Waals surface area contributed by atoms with E-state index >= 15 is 0 Å². The number of halogens is 1. The summed E-state index contributed by atoms with van der Waals surface area (Å²) in [6.45, 7) is 2.66. The van der Waals surface area contributed by atoms with Crippen molar-refractivity contribution in [2.24, 2.45) is 22.4 Å². The average Bonchev–Trinajstić information content (AvgIpc) is 3.34. The lowest BCUT2D eigenvalue weighted by molar-refractivity contribution is -0.123. The van der Waals surface area contributed by atoms with Crippen LogP contribution in [0.15, 0.2) is 53.6 Å². The first kappa shape index (κ1) is 19.0. The number of ether oxygens (including phenoxy) is 1. The second kappa shape index (κ2) is 7.96. The van der Waals surface area contributed by atoms with Crippen molar-refractivity contribution >= 4 is 23.7 Å². The molecule has 0 spiro atoms. The highest BCUT2D eigenvalue weighted by atomic mass is 35.5. The molecule has 0 aliphatic heterocycles. The number of hydrogen-bond donors (Lipinski definition) is 1. The van der Waals surface area contributed by atoms with Crippen molar-refractivity contribution in [2.45, 2.75) is 39.2 Å². The quantitative estimate of drug-likeness (QED) is 0.539. The van der Waals surface area contributed by atoms with Crippen LogP contribution in [0, 0.1) is 17.3 Å². The van der Waals surface area contributed by atoms with Crippen LogP contribution in [-0.4, -0.2) is 12.1 Å². The Bertz CT molecular complexity index is 880. The van der Waals surface area contributed by atoms with E-state index in [2.05, 4.69) is 17.5 Å². The number of amides is 1. The predicted molar refractivity (Wildman–Crippen MR) is 112 cm³/mol. The SMILES string of the molecule is C[C@]12CCCC[C@H]1[C@@H]2C(=O)N/N=C\c1ccc(OCc2ccccc2Cl)cc1. The Labute approximate surface area is 170 Å². The van der Waals surface area contributed by atoms with Gasteiger partial charge in [-0.2, -0.15) is 5.10 Å². The van der Waals surface area contributed by atoms with Gasteiger partial charge in [0.25, 0.3) is 0 Å². The van der Waals surface area contributed by atoms with Crippen LogP contribution in [0.3, 0.4) is 0 Å². The zero-order valence-corrected chi connectivity index (χ0v) is 16.8. The summed E-state index contributed by atoms with van der Waals surface area (Å²) in [5.41, 5.74) is 4.79. The lowest BCUT2D eigenvalue weighted by atomic mass is 9.90. The van der Waals surface area contributed by atoms with E-state index in [1.807, 2.05) is 48.5 Å². The summed E-state index contributed by atoms with van der Waals surface area (Å²) in [4.78, 5) is 12.4. The van der Waals surface area contributed by atoms with Crippen LogP contribution in [-0.2, 0) is 11.4 Å². The van der Waals surface area contributed by atoms with Crippen molar-refractivity contribution < 1.29 is 9.53 Å². The van der Waals surface area contributed by atoms with Crippen molar-refractivity contribution in [1.82, 2.24) is 5.43 Å². The third-order valence-electron chi connectivity index (χ3n) is 6.23. The van der Waals surface area contributed by atoms with Crippen LogP contribution < -0.4 is 10.2 Å². The second-order valence-corrected chi connectivity index (χ2v) is 8.43. The smallest absolute Gasteiger partial charge is 0.244 e.